The normalized spacial score (nSPS) is 11.8. The number of methoxy groups -OCH3 is 2. The number of hydrogen-bond donors (Lipinski definition) is 1. The highest BCUT2D eigenvalue weighted by Gasteiger charge is 2.41. The summed E-state index contributed by atoms with van der Waals surface area (Å²) in [7, 11) is 2.85. The van der Waals surface area contributed by atoms with Gasteiger partial charge in [0.05, 0.1) is 20.8 Å². The molecule has 0 bridgehead atoms. The van der Waals surface area contributed by atoms with Crippen molar-refractivity contribution in [3.8, 4) is 17.2 Å². The fourth-order valence-electron chi connectivity index (χ4n) is 2.73. The summed E-state index contributed by atoms with van der Waals surface area (Å²) in [5.41, 5.74) is 0.553. The maximum absolute atomic E-state index is 12.6. The maximum atomic E-state index is 12.6. The molecule has 0 aliphatic carbocycles. The Morgan fingerprint density at radius 2 is 1.61 bits per heavy atom. The minimum absolute atomic E-state index is 0.0685. The van der Waals surface area contributed by atoms with Crippen LogP contribution in [0.5, 0.6) is 17.2 Å². The topological polar surface area (TPSA) is 100 Å². The number of alkyl halides is 3. The molecule has 0 aliphatic heterocycles. The first-order valence-corrected chi connectivity index (χ1v) is 9.66. The van der Waals surface area contributed by atoms with Crippen molar-refractivity contribution >= 4 is 17.8 Å². The van der Waals surface area contributed by atoms with E-state index in [2.05, 4.69) is 0 Å². The Kier molecular flexibility index (Phi) is 8.66. The van der Waals surface area contributed by atoms with Gasteiger partial charge in [0, 0.05) is 12.5 Å². The van der Waals surface area contributed by atoms with Gasteiger partial charge < -0.3 is 24.3 Å². The molecular weight excluding hydrogens is 447 g/mol. The third kappa shape index (κ3) is 7.13. The number of esters is 2. The molecule has 1 unspecified atom stereocenters. The standard InChI is InChI=1S/C22H22F3NO7/c1-4-32-20(28)17(26-21(29)22(23,24)25)11-13-5-7-14(8-6-13)33-19(27)16-10-9-15(30-2)12-18(16)31-3/h5-10,12,17H,4,11H2,1-3H3,(H,26,29). The summed E-state index contributed by atoms with van der Waals surface area (Å²) in [5, 5.41) is 1.63. The summed E-state index contributed by atoms with van der Waals surface area (Å²) in [6, 6.07) is 8.70. The SMILES string of the molecule is CCOC(=O)C(Cc1ccc(OC(=O)c2ccc(OC)cc2OC)cc1)NC(=O)C(F)(F)F. The number of carbonyl (C=O) groups is 3. The summed E-state index contributed by atoms with van der Waals surface area (Å²) >= 11 is 0. The van der Waals surface area contributed by atoms with Crippen LogP contribution in [0.25, 0.3) is 0 Å². The highest BCUT2D eigenvalue weighted by Crippen LogP contribution is 2.26. The Hall–Kier alpha value is -3.76. The lowest BCUT2D eigenvalue weighted by Gasteiger charge is -2.18. The Bertz CT molecular complexity index is 990. The summed E-state index contributed by atoms with van der Waals surface area (Å²) in [6.07, 6.45) is -5.41. The van der Waals surface area contributed by atoms with E-state index in [1.807, 2.05) is 0 Å². The van der Waals surface area contributed by atoms with Crippen LogP contribution in [-0.2, 0) is 20.7 Å². The zero-order chi connectivity index (χ0) is 24.6. The van der Waals surface area contributed by atoms with Crippen LogP contribution in [0.4, 0.5) is 13.2 Å². The largest absolute Gasteiger partial charge is 0.497 e. The molecule has 0 heterocycles. The lowest BCUT2D eigenvalue weighted by molar-refractivity contribution is -0.175. The van der Waals surface area contributed by atoms with E-state index in [9.17, 15) is 27.6 Å². The first kappa shape index (κ1) is 25.5. The van der Waals surface area contributed by atoms with Crippen molar-refractivity contribution in [2.45, 2.75) is 25.6 Å². The van der Waals surface area contributed by atoms with Gasteiger partial charge >= 0.3 is 24.0 Å². The lowest BCUT2D eigenvalue weighted by atomic mass is 10.1. The summed E-state index contributed by atoms with van der Waals surface area (Å²) in [6.45, 7) is 1.42. The second-order valence-electron chi connectivity index (χ2n) is 6.58. The highest BCUT2D eigenvalue weighted by molar-refractivity contribution is 5.94. The first-order valence-electron chi connectivity index (χ1n) is 9.66. The van der Waals surface area contributed by atoms with Gasteiger partial charge in [0.2, 0.25) is 0 Å². The Balaban J connectivity index is 2.12. The predicted octanol–water partition coefficient (Wildman–Crippen LogP) is 3.08. The third-order valence-electron chi connectivity index (χ3n) is 4.34. The molecule has 11 heteroatoms. The second kappa shape index (κ2) is 11.2. The van der Waals surface area contributed by atoms with Crippen molar-refractivity contribution in [2.24, 2.45) is 0 Å². The van der Waals surface area contributed by atoms with Crippen molar-refractivity contribution in [3.63, 3.8) is 0 Å². The molecule has 0 fully saturated rings. The van der Waals surface area contributed by atoms with Gasteiger partial charge in [-0.15, -0.1) is 0 Å². The minimum Gasteiger partial charge on any atom is -0.497 e. The molecule has 178 valence electrons. The molecule has 0 saturated heterocycles. The Morgan fingerprint density at radius 3 is 2.15 bits per heavy atom. The number of hydrogen-bond acceptors (Lipinski definition) is 7. The summed E-state index contributed by atoms with van der Waals surface area (Å²) in [4.78, 5) is 35.7. The molecule has 0 saturated carbocycles. The van der Waals surface area contributed by atoms with Crippen LogP contribution in [-0.4, -0.2) is 50.9 Å². The van der Waals surface area contributed by atoms with Gasteiger partial charge in [0.25, 0.3) is 0 Å². The molecule has 0 aliphatic rings. The molecule has 2 aromatic rings. The zero-order valence-corrected chi connectivity index (χ0v) is 18.0. The van der Waals surface area contributed by atoms with Crippen LogP contribution in [0, 0.1) is 0 Å². The monoisotopic (exact) mass is 469 g/mol. The fourth-order valence-corrected chi connectivity index (χ4v) is 2.73. The van der Waals surface area contributed by atoms with Gasteiger partial charge in [-0.2, -0.15) is 13.2 Å². The van der Waals surface area contributed by atoms with Crippen molar-refractivity contribution in [3.05, 3.63) is 53.6 Å². The van der Waals surface area contributed by atoms with Gasteiger partial charge in [-0.05, 0) is 36.8 Å². The Labute approximate surface area is 187 Å². The van der Waals surface area contributed by atoms with E-state index in [-0.39, 0.29) is 30.1 Å². The zero-order valence-electron chi connectivity index (χ0n) is 18.0. The average Bonchev–Trinajstić information content (AvgIpc) is 2.78. The molecule has 2 aromatic carbocycles. The summed E-state index contributed by atoms with van der Waals surface area (Å²) in [5.74, 6) is -3.08. The van der Waals surface area contributed by atoms with Crippen LogP contribution < -0.4 is 19.5 Å². The van der Waals surface area contributed by atoms with Crippen LogP contribution in [0.2, 0.25) is 0 Å². The van der Waals surface area contributed by atoms with Crippen LogP contribution in [0.1, 0.15) is 22.8 Å². The van der Waals surface area contributed by atoms with E-state index in [4.69, 9.17) is 18.9 Å². The molecule has 33 heavy (non-hydrogen) atoms. The Morgan fingerprint density at radius 1 is 0.970 bits per heavy atom. The molecule has 1 atom stereocenters. The second-order valence-corrected chi connectivity index (χ2v) is 6.58. The molecule has 2 rings (SSSR count). The van der Waals surface area contributed by atoms with E-state index in [0.717, 1.165) is 0 Å². The number of amides is 1. The van der Waals surface area contributed by atoms with Gasteiger partial charge in [0.15, 0.2) is 0 Å². The number of carbonyl (C=O) groups excluding carboxylic acids is 3. The summed E-state index contributed by atoms with van der Waals surface area (Å²) < 4.78 is 58.0. The quantitative estimate of drug-likeness (QED) is 0.445. The van der Waals surface area contributed by atoms with Crippen LogP contribution >= 0.6 is 0 Å². The molecule has 1 amide bonds. The van der Waals surface area contributed by atoms with E-state index < -0.39 is 30.1 Å². The number of nitrogens with one attached hydrogen (secondary N) is 1. The van der Waals surface area contributed by atoms with E-state index in [1.165, 1.54) is 57.5 Å². The first-order chi connectivity index (χ1) is 15.6. The predicted molar refractivity (Wildman–Crippen MR) is 109 cm³/mol. The fraction of sp³-hybridized carbons (Fsp3) is 0.318. The maximum Gasteiger partial charge on any atom is 0.471 e. The molecule has 8 nitrogen and oxygen atoms in total. The van der Waals surface area contributed by atoms with Gasteiger partial charge in [0.1, 0.15) is 28.9 Å². The van der Waals surface area contributed by atoms with E-state index in [1.54, 1.807) is 11.4 Å². The molecule has 0 spiro atoms. The van der Waals surface area contributed by atoms with E-state index in [0.29, 0.717) is 11.3 Å². The van der Waals surface area contributed by atoms with Crippen molar-refractivity contribution in [1.29, 1.82) is 0 Å². The minimum atomic E-state index is -5.15. The number of ether oxygens (including phenoxy) is 4. The third-order valence-corrected chi connectivity index (χ3v) is 4.34. The molecule has 1 N–H and O–H groups in total. The lowest BCUT2D eigenvalue weighted by Crippen LogP contribution is -2.48. The molecular formula is C22H22F3NO7. The van der Waals surface area contributed by atoms with Crippen molar-refractivity contribution in [1.82, 2.24) is 5.32 Å². The number of benzene rings is 2. The average molecular weight is 469 g/mol. The van der Waals surface area contributed by atoms with Crippen molar-refractivity contribution < 1.29 is 46.5 Å². The smallest absolute Gasteiger partial charge is 0.471 e. The van der Waals surface area contributed by atoms with Gasteiger partial charge in [-0.25, -0.2) is 9.59 Å². The number of rotatable bonds is 9. The van der Waals surface area contributed by atoms with Crippen LogP contribution in [0.15, 0.2) is 42.5 Å². The number of halogens is 3. The van der Waals surface area contributed by atoms with Gasteiger partial charge in [-0.1, -0.05) is 12.1 Å². The molecule has 0 radical (unpaired) electrons. The van der Waals surface area contributed by atoms with Crippen molar-refractivity contribution in [2.75, 3.05) is 20.8 Å². The van der Waals surface area contributed by atoms with Gasteiger partial charge in [-0.3, -0.25) is 4.79 Å². The molecule has 0 aromatic heterocycles. The highest BCUT2D eigenvalue weighted by atomic mass is 19.4. The van der Waals surface area contributed by atoms with E-state index >= 15 is 0 Å². The van der Waals surface area contributed by atoms with Crippen LogP contribution in [0.3, 0.4) is 0 Å².